The van der Waals surface area contributed by atoms with Gasteiger partial charge in [-0.2, -0.15) is 5.26 Å². The van der Waals surface area contributed by atoms with Crippen LogP contribution in [0.25, 0.3) is 22.3 Å². The van der Waals surface area contributed by atoms with Crippen molar-refractivity contribution in [3.05, 3.63) is 83.3 Å². The molecule has 4 rings (SSSR count). The molecule has 3 aromatic rings. The lowest BCUT2D eigenvalue weighted by Gasteiger charge is -2.13. The van der Waals surface area contributed by atoms with Gasteiger partial charge in [0.05, 0.1) is 40.3 Å². The monoisotopic (exact) mass is 498 g/mol. The summed E-state index contributed by atoms with van der Waals surface area (Å²) in [5, 5.41) is 21.1. The molecule has 7 nitrogen and oxygen atoms in total. The average molecular weight is 499 g/mol. The summed E-state index contributed by atoms with van der Waals surface area (Å²) in [4.78, 5) is 33.6. The standard InChI is InChI=1S/C29H27FN4O3/c1-18(29(36)37)3-2-4-25-27(21-9-12-23(30)13-10-21)34-24-14-11-22(15-26(24)33-25)28(35)32-17-20-7-5-19(16-31)6-8-20/h5,7-15,18-19H,2-4,6,17H2,1H3,(H,32,35)(H,36,37). The molecule has 0 fully saturated rings. The molecule has 2 unspecified atom stereocenters. The van der Waals surface area contributed by atoms with Gasteiger partial charge >= 0.3 is 5.97 Å². The molecule has 37 heavy (non-hydrogen) atoms. The van der Waals surface area contributed by atoms with Crippen LogP contribution < -0.4 is 5.32 Å². The number of rotatable bonds is 9. The quantitative estimate of drug-likeness (QED) is 0.417. The van der Waals surface area contributed by atoms with E-state index in [9.17, 15) is 19.1 Å². The van der Waals surface area contributed by atoms with Crippen LogP contribution in [-0.2, 0) is 11.2 Å². The van der Waals surface area contributed by atoms with Crippen LogP contribution in [-0.4, -0.2) is 33.5 Å². The Kier molecular flexibility index (Phi) is 8.04. The van der Waals surface area contributed by atoms with Gasteiger partial charge in [-0.25, -0.2) is 14.4 Å². The topological polar surface area (TPSA) is 116 Å². The number of halogens is 1. The number of nitriles is 1. The summed E-state index contributed by atoms with van der Waals surface area (Å²) < 4.78 is 13.5. The van der Waals surface area contributed by atoms with Gasteiger partial charge in [0.25, 0.3) is 5.91 Å². The first-order valence-electron chi connectivity index (χ1n) is 12.2. The van der Waals surface area contributed by atoms with Gasteiger partial charge in [-0.3, -0.25) is 9.59 Å². The Morgan fingerprint density at radius 2 is 1.97 bits per heavy atom. The number of carboxylic acids is 1. The maximum absolute atomic E-state index is 13.5. The second-order valence-electron chi connectivity index (χ2n) is 9.15. The van der Waals surface area contributed by atoms with Crippen LogP contribution in [0, 0.1) is 29.0 Å². The van der Waals surface area contributed by atoms with E-state index in [0.29, 0.717) is 65.8 Å². The first kappa shape index (κ1) is 25.7. The SMILES string of the molecule is CC(CCCc1nc2cc(C(=O)NCC3=CCC(C#N)C=C3)ccc2nc1-c1ccc(F)cc1)C(=O)O. The zero-order valence-corrected chi connectivity index (χ0v) is 20.4. The minimum absolute atomic E-state index is 0.125. The fourth-order valence-corrected chi connectivity index (χ4v) is 4.12. The number of aromatic nitrogens is 2. The summed E-state index contributed by atoms with van der Waals surface area (Å²) >= 11 is 0. The third-order valence-electron chi connectivity index (χ3n) is 6.38. The van der Waals surface area contributed by atoms with E-state index < -0.39 is 11.9 Å². The number of allylic oxidation sites excluding steroid dienone is 2. The molecule has 0 radical (unpaired) electrons. The molecule has 0 bridgehead atoms. The van der Waals surface area contributed by atoms with Crippen LogP contribution in [0.3, 0.4) is 0 Å². The molecule has 0 saturated carbocycles. The maximum Gasteiger partial charge on any atom is 0.306 e. The van der Waals surface area contributed by atoms with E-state index in [2.05, 4.69) is 11.4 Å². The lowest BCUT2D eigenvalue weighted by atomic mass is 9.98. The smallest absolute Gasteiger partial charge is 0.306 e. The molecule has 1 aromatic heterocycles. The molecule has 188 valence electrons. The van der Waals surface area contributed by atoms with Crippen molar-refractivity contribution in [2.45, 2.75) is 32.6 Å². The number of carbonyl (C=O) groups is 2. The number of nitrogens with zero attached hydrogens (tertiary/aromatic N) is 3. The molecule has 0 saturated heterocycles. The predicted octanol–water partition coefficient (Wildman–Crippen LogP) is 5.24. The first-order valence-corrected chi connectivity index (χ1v) is 12.2. The molecule has 2 aromatic carbocycles. The van der Waals surface area contributed by atoms with Crippen LogP contribution in [0.5, 0.6) is 0 Å². The van der Waals surface area contributed by atoms with Gasteiger partial charge < -0.3 is 10.4 Å². The molecule has 1 aliphatic rings. The number of aryl methyl sites for hydroxylation is 1. The Hall–Kier alpha value is -4.38. The van der Waals surface area contributed by atoms with Gasteiger partial charge in [0.1, 0.15) is 5.82 Å². The summed E-state index contributed by atoms with van der Waals surface area (Å²) in [5.74, 6) is -2.05. The molecule has 1 amide bonds. The molecule has 0 aliphatic heterocycles. The Morgan fingerprint density at radius 1 is 1.19 bits per heavy atom. The molecule has 1 heterocycles. The Bertz CT molecular complexity index is 1420. The summed E-state index contributed by atoms with van der Waals surface area (Å²) in [6.07, 6.45) is 7.86. The second kappa shape index (κ2) is 11.6. The van der Waals surface area contributed by atoms with E-state index in [0.717, 1.165) is 5.57 Å². The molecule has 0 spiro atoms. The van der Waals surface area contributed by atoms with Crippen LogP contribution in [0.2, 0.25) is 0 Å². The number of aliphatic carboxylic acids is 1. The minimum atomic E-state index is -0.844. The molecule has 1 aliphatic carbocycles. The van der Waals surface area contributed by atoms with Gasteiger partial charge in [0.2, 0.25) is 0 Å². The average Bonchev–Trinajstić information content (AvgIpc) is 2.91. The number of fused-ring (bicyclic) bond motifs is 1. The third kappa shape index (κ3) is 6.44. The van der Waals surface area contributed by atoms with Crippen molar-refractivity contribution in [1.29, 1.82) is 5.26 Å². The molecule has 8 heteroatoms. The van der Waals surface area contributed by atoms with Crippen molar-refractivity contribution < 1.29 is 19.1 Å². The van der Waals surface area contributed by atoms with E-state index >= 15 is 0 Å². The number of carboxylic acid groups (broad SMARTS) is 1. The fraction of sp³-hybridized carbons (Fsp3) is 0.276. The molecular formula is C29H27FN4O3. The highest BCUT2D eigenvalue weighted by molar-refractivity contribution is 5.97. The zero-order valence-electron chi connectivity index (χ0n) is 20.4. The van der Waals surface area contributed by atoms with Gasteiger partial charge in [-0.05, 0) is 73.7 Å². The highest BCUT2D eigenvalue weighted by Gasteiger charge is 2.16. The van der Waals surface area contributed by atoms with Crippen molar-refractivity contribution in [2.75, 3.05) is 6.54 Å². The second-order valence-corrected chi connectivity index (χ2v) is 9.15. The molecule has 2 atom stereocenters. The van der Waals surface area contributed by atoms with Crippen LogP contribution in [0.15, 0.2) is 66.3 Å². The highest BCUT2D eigenvalue weighted by atomic mass is 19.1. The van der Waals surface area contributed by atoms with E-state index in [-0.39, 0.29) is 17.6 Å². The fourth-order valence-electron chi connectivity index (χ4n) is 4.12. The number of carbonyl (C=O) groups excluding carboxylic acids is 1. The lowest BCUT2D eigenvalue weighted by Crippen LogP contribution is -2.25. The maximum atomic E-state index is 13.5. The van der Waals surface area contributed by atoms with Gasteiger partial charge in [0.15, 0.2) is 0 Å². The molecule has 2 N–H and O–H groups in total. The van der Waals surface area contributed by atoms with Gasteiger partial charge in [0, 0.05) is 17.7 Å². The third-order valence-corrected chi connectivity index (χ3v) is 6.38. The van der Waals surface area contributed by atoms with E-state index in [1.165, 1.54) is 12.1 Å². The largest absolute Gasteiger partial charge is 0.481 e. The Balaban J connectivity index is 1.57. The summed E-state index contributed by atoms with van der Waals surface area (Å²) in [5.41, 5.74) is 4.52. The molecular weight excluding hydrogens is 471 g/mol. The zero-order chi connectivity index (χ0) is 26.4. The summed E-state index contributed by atoms with van der Waals surface area (Å²) in [7, 11) is 0. The number of benzene rings is 2. The highest BCUT2D eigenvalue weighted by Crippen LogP contribution is 2.26. The summed E-state index contributed by atoms with van der Waals surface area (Å²) in [6.45, 7) is 2.02. The van der Waals surface area contributed by atoms with E-state index in [1.807, 2.05) is 18.2 Å². The van der Waals surface area contributed by atoms with Crippen molar-refractivity contribution >= 4 is 22.9 Å². The predicted molar refractivity (Wildman–Crippen MR) is 138 cm³/mol. The minimum Gasteiger partial charge on any atom is -0.481 e. The number of hydrogen-bond donors (Lipinski definition) is 2. The number of hydrogen-bond acceptors (Lipinski definition) is 5. The van der Waals surface area contributed by atoms with Gasteiger partial charge in [-0.15, -0.1) is 0 Å². The normalized spacial score (nSPS) is 15.6. The Labute approximate surface area is 214 Å². The Morgan fingerprint density at radius 3 is 2.65 bits per heavy atom. The first-order chi connectivity index (χ1) is 17.8. The number of nitrogens with one attached hydrogen (secondary N) is 1. The van der Waals surface area contributed by atoms with Crippen LogP contribution >= 0.6 is 0 Å². The van der Waals surface area contributed by atoms with Crippen LogP contribution in [0.1, 0.15) is 42.2 Å². The van der Waals surface area contributed by atoms with Crippen molar-refractivity contribution in [2.24, 2.45) is 11.8 Å². The summed E-state index contributed by atoms with van der Waals surface area (Å²) in [6, 6.07) is 13.3. The van der Waals surface area contributed by atoms with Crippen LogP contribution in [0.4, 0.5) is 4.39 Å². The van der Waals surface area contributed by atoms with E-state index in [1.54, 1.807) is 37.3 Å². The van der Waals surface area contributed by atoms with Crippen molar-refractivity contribution in [3.8, 4) is 17.3 Å². The number of amides is 1. The van der Waals surface area contributed by atoms with Crippen molar-refractivity contribution in [1.82, 2.24) is 15.3 Å². The lowest BCUT2D eigenvalue weighted by molar-refractivity contribution is -0.141. The van der Waals surface area contributed by atoms with Gasteiger partial charge in [-0.1, -0.05) is 25.2 Å². The van der Waals surface area contributed by atoms with Crippen molar-refractivity contribution in [3.63, 3.8) is 0 Å². The van der Waals surface area contributed by atoms with E-state index in [4.69, 9.17) is 15.2 Å².